The number of hydrogen-bond donors (Lipinski definition) is 0. The lowest BCUT2D eigenvalue weighted by molar-refractivity contribution is 0.0987. The smallest absolute Gasteiger partial charge is 0.261 e. The van der Waals surface area contributed by atoms with Crippen molar-refractivity contribution in [1.82, 2.24) is 20.0 Å². The van der Waals surface area contributed by atoms with Crippen molar-refractivity contribution in [2.24, 2.45) is 5.41 Å². The first kappa shape index (κ1) is 18.1. The van der Waals surface area contributed by atoms with E-state index in [1.165, 1.54) is 0 Å². The minimum absolute atomic E-state index is 0.0247. The van der Waals surface area contributed by atoms with Crippen molar-refractivity contribution in [1.29, 1.82) is 5.26 Å². The number of carbonyl (C=O) groups excluding carboxylic acids is 1. The van der Waals surface area contributed by atoms with E-state index in [4.69, 9.17) is 0 Å². The second-order valence-corrected chi connectivity index (χ2v) is 6.81. The van der Waals surface area contributed by atoms with E-state index in [1.807, 2.05) is 18.5 Å². The highest BCUT2D eigenvalue weighted by molar-refractivity contribution is 6.06. The summed E-state index contributed by atoms with van der Waals surface area (Å²) in [5.41, 5.74) is 1.77. The third-order valence-electron chi connectivity index (χ3n) is 5.22. The number of carbonyl (C=O) groups is 1. The number of anilines is 1. The quantitative estimate of drug-likeness (QED) is 0.763. The van der Waals surface area contributed by atoms with E-state index in [-0.39, 0.29) is 17.4 Å². The predicted molar refractivity (Wildman–Crippen MR) is 97.6 cm³/mol. The zero-order valence-corrected chi connectivity index (χ0v) is 15.5. The second-order valence-electron chi connectivity index (χ2n) is 6.81. The summed E-state index contributed by atoms with van der Waals surface area (Å²) in [6, 6.07) is 4.28. The van der Waals surface area contributed by atoms with Crippen molar-refractivity contribution in [3.63, 3.8) is 0 Å². The van der Waals surface area contributed by atoms with Gasteiger partial charge in [0.05, 0.1) is 47.4 Å². The Labute approximate surface area is 153 Å². The zero-order chi connectivity index (χ0) is 18.7. The molecule has 7 nitrogen and oxygen atoms in total. The van der Waals surface area contributed by atoms with Crippen LogP contribution in [0.4, 0.5) is 5.69 Å². The van der Waals surface area contributed by atoms with Gasteiger partial charge in [-0.15, -0.1) is 0 Å². The van der Waals surface area contributed by atoms with Crippen molar-refractivity contribution in [2.75, 3.05) is 11.4 Å². The molecule has 3 rings (SSSR count). The molecular weight excluding hydrogens is 328 g/mol. The summed E-state index contributed by atoms with van der Waals surface area (Å²) in [7, 11) is 0. The maximum atomic E-state index is 13.1. The summed E-state index contributed by atoms with van der Waals surface area (Å²) in [6.07, 6.45) is 8.44. The van der Waals surface area contributed by atoms with Crippen LogP contribution in [0.25, 0.3) is 0 Å². The first-order chi connectivity index (χ1) is 12.6. The molecule has 0 aromatic carbocycles. The molecule has 0 bridgehead atoms. The van der Waals surface area contributed by atoms with E-state index in [2.05, 4.69) is 28.3 Å². The first-order valence-electron chi connectivity index (χ1n) is 9.12. The summed E-state index contributed by atoms with van der Waals surface area (Å²) >= 11 is 0. The van der Waals surface area contributed by atoms with Crippen LogP contribution >= 0.6 is 0 Å². The van der Waals surface area contributed by atoms with Crippen LogP contribution in [0.3, 0.4) is 0 Å². The standard InChI is InChI=1S/C19H24N6O/c1-4-6-17(19(13-20)8-9-19)25-14(3)16(12-23-25)18(26)24(5-2)15-7-10-21-22-11-15/h7,10-12,17H,4-6,8-9H2,1-3H3. The van der Waals surface area contributed by atoms with Gasteiger partial charge in [0, 0.05) is 12.2 Å². The minimum atomic E-state index is -0.327. The molecule has 0 aliphatic heterocycles. The normalized spacial score (nSPS) is 15.9. The Morgan fingerprint density at radius 1 is 1.38 bits per heavy atom. The molecule has 0 radical (unpaired) electrons. The van der Waals surface area contributed by atoms with Crippen molar-refractivity contribution in [3.8, 4) is 6.07 Å². The van der Waals surface area contributed by atoms with Crippen LogP contribution in [0.5, 0.6) is 0 Å². The molecule has 0 N–H and O–H groups in total. The fourth-order valence-corrected chi connectivity index (χ4v) is 3.54. The molecule has 1 unspecified atom stereocenters. The predicted octanol–water partition coefficient (Wildman–Crippen LogP) is 3.29. The summed E-state index contributed by atoms with van der Waals surface area (Å²) in [5.74, 6) is -0.110. The molecule has 1 aliphatic carbocycles. The van der Waals surface area contributed by atoms with Gasteiger partial charge in [-0.05, 0) is 39.2 Å². The van der Waals surface area contributed by atoms with Gasteiger partial charge in [-0.1, -0.05) is 13.3 Å². The number of rotatable bonds is 7. The van der Waals surface area contributed by atoms with Gasteiger partial charge in [-0.3, -0.25) is 9.48 Å². The van der Waals surface area contributed by atoms with Gasteiger partial charge < -0.3 is 4.90 Å². The van der Waals surface area contributed by atoms with E-state index in [0.717, 1.165) is 31.4 Å². The van der Waals surface area contributed by atoms with Crippen LogP contribution < -0.4 is 4.90 Å². The number of amides is 1. The molecule has 0 saturated heterocycles. The molecule has 1 atom stereocenters. The minimum Gasteiger partial charge on any atom is -0.307 e. The van der Waals surface area contributed by atoms with Gasteiger partial charge in [0.25, 0.3) is 5.91 Å². The molecule has 0 spiro atoms. The van der Waals surface area contributed by atoms with E-state index in [9.17, 15) is 10.1 Å². The molecule has 2 heterocycles. The highest BCUT2D eigenvalue weighted by atomic mass is 16.2. The highest BCUT2D eigenvalue weighted by Crippen LogP contribution is 2.55. The maximum Gasteiger partial charge on any atom is 0.261 e. The fourth-order valence-electron chi connectivity index (χ4n) is 3.54. The van der Waals surface area contributed by atoms with Crippen molar-refractivity contribution in [2.45, 2.75) is 52.5 Å². The average molecular weight is 352 g/mol. The third-order valence-corrected chi connectivity index (χ3v) is 5.22. The molecule has 1 fully saturated rings. The number of hydrogen-bond acceptors (Lipinski definition) is 5. The second kappa shape index (κ2) is 7.24. The van der Waals surface area contributed by atoms with Crippen LogP contribution in [-0.4, -0.2) is 32.4 Å². The number of aromatic nitrogens is 4. The van der Waals surface area contributed by atoms with Crippen LogP contribution in [0.1, 0.15) is 61.6 Å². The van der Waals surface area contributed by atoms with Gasteiger partial charge in [-0.25, -0.2) is 0 Å². The van der Waals surface area contributed by atoms with E-state index in [1.54, 1.807) is 29.6 Å². The lowest BCUT2D eigenvalue weighted by Crippen LogP contribution is -2.31. The lowest BCUT2D eigenvalue weighted by atomic mass is 9.94. The van der Waals surface area contributed by atoms with Crippen molar-refractivity contribution in [3.05, 3.63) is 35.9 Å². The Bertz CT molecular complexity index is 818. The molecular formula is C19H24N6O. The maximum absolute atomic E-state index is 13.1. The Kier molecular flexibility index (Phi) is 5.03. The van der Waals surface area contributed by atoms with Crippen molar-refractivity contribution >= 4 is 11.6 Å². The summed E-state index contributed by atoms with van der Waals surface area (Å²) in [4.78, 5) is 14.7. The van der Waals surface area contributed by atoms with Gasteiger partial charge in [-0.2, -0.15) is 20.6 Å². The lowest BCUT2D eigenvalue weighted by Gasteiger charge is -2.24. The molecule has 1 aliphatic rings. The Balaban J connectivity index is 1.93. The molecule has 136 valence electrons. The largest absolute Gasteiger partial charge is 0.307 e. The fraction of sp³-hybridized carbons (Fsp3) is 0.526. The third kappa shape index (κ3) is 3.07. The zero-order valence-electron chi connectivity index (χ0n) is 15.5. The van der Waals surface area contributed by atoms with Gasteiger partial charge >= 0.3 is 0 Å². The highest BCUT2D eigenvalue weighted by Gasteiger charge is 2.51. The van der Waals surface area contributed by atoms with Crippen LogP contribution in [0, 0.1) is 23.7 Å². The molecule has 2 aromatic rings. The molecule has 26 heavy (non-hydrogen) atoms. The SMILES string of the molecule is CCCC(n1ncc(C(=O)N(CC)c2ccnnc2)c1C)C1(C#N)CC1. The molecule has 1 amide bonds. The van der Waals surface area contributed by atoms with Crippen molar-refractivity contribution < 1.29 is 4.79 Å². The average Bonchev–Trinajstić information content (AvgIpc) is 3.37. The molecule has 7 heteroatoms. The van der Waals surface area contributed by atoms with Crippen LogP contribution in [-0.2, 0) is 0 Å². The van der Waals surface area contributed by atoms with Crippen LogP contribution in [0.15, 0.2) is 24.7 Å². The van der Waals surface area contributed by atoms with E-state index in [0.29, 0.717) is 17.8 Å². The number of nitriles is 1. The summed E-state index contributed by atoms with van der Waals surface area (Å²) < 4.78 is 1.89. The molecule has 1 saturated carbocycles. The topological polar surface area (TPSA) is 87.7 Å². The summed E-state index contributed by atoms with van der Waals surface area (Å²) in [6.45, 7) is 6.47. The Morgan fingerprint density at radius 3 is 2.69 bits per heavy atom. The number of nitrogens with zero attached hydrogens (tertiary/aromatic N) is 6. The summed E-state index contributed by atoms with van der Waals surface area (Å²) in [5, 5.41) is 21.8. The van der Waals surface area contributed by atoms with Gasteiger partial charge in [0.15, 0.2) is 0 Å². The van der Waals surface area contributed by atoms with Gasteiger partial charge in [0.1, 0.15) is 0 Å². The Hall–Kier alpha value is -2.75. The first-order valence-corrected chi connectivity index (χ1v) is 9.12. The van der Waals surface area contributed by atoms with E-state index < -0.39 is 0 Å². The van der Waals surface area contributed by atoms with Gasteiger partial charge in [0.2, 0.25) is 0 Å². The Morgan fingerprint density at radius 2 is 2.15 bits per heavy atom. The van der Waals surface area contributed by atoms with E-state index >= 15 is 0 Å². The van der Waals surface area contributed by atoms with Crippen LogP contribution in [0.2, 0.25) is 0 Å². The monoisotopic (exact) mass is 352 g/mol. The molecule has 2 aromatic heterocycles.